The summed E-state index contributed by atoms with van der Waals surface area (Å²) in [6, 6.07) is 7.49. The number of nitrogens with one attached hydrogen (secondary N) is 1. The molecule has 3 aromatic rings. The third-order valence-corrected chi connectivity index (χ3v) is 4.01. The van der Waals surface area contributed by atoms with E-state index in [0.717, 1.165) is 16.0 Å². The van der Waals surface area contributed by atoms with E-state index in [9.17, 15) is 9.59 Å². The van der Waals surface area contributed by atoms with Gasteiger partial charge >= 0.3 is 0 Å². The molecule has 0 radical (unpaired) electrons. The molecule has 0 aliphatic rings. The number of aryl methyl sites for hydroxylation is 2. The first-order chi connectivity index (χ1) is 12.8. The van der Waals surface area contributed by atoms with Crippen molar-refractivity contribution in [1.29, 1.82) is 0 Å². The van der Waals surface area contributed by atoms with E-state index in [4.69, 9.17) is 9.26 Å². The van der Waals surface area contributed by atoms with Crippen LogP contribution in [0.4, 0.5) is 0 Å². The maximum atomic E-state index is 12.4. The summed E-state index contributed by atoms with van der Waals surface area (Å²) >= 11 is 0. The molecule has 142 valence electrons. The maximum Gasteiger partial charge on any atom is 0.297 e. The molecule has 2 aromatic heterocycles. The van der Waals surface area contributed by atoms with Crippen molar-refractivity contribution in [2.75, 3.05) is 0 Å². The fourth-order valence-corrected chi connectivity index (χ4v) is 2.80. The Balaban J connectivity index is 1.65. The van der Waals surface area contributed by atoms with E-state index in [-0.39, 0.29) is 24.1 Å². The largest absolute Gasteiger partial charge is 0.491 e. The number of amides is 1. The smallest absolute Gasteiger partial charge is 0.297 e. The Labute approximate surface area is 156 Å². The normalized spacial score (nSPS) is 11.1. The molecule has 8 heteroatoms. The zero-order valence-electron chi connectivity index (χ0n) is 15.8. The first-order valence-corrected chi connectivity index (χ1v) is 8.71. The van der Waals surface area contributed by atoms with Crippen LogP contribution in [-0.2, 0) is 17.9 Å². The van der Waals surface area contributed by atoms with Crippen molar-refractivity contribution in [3.63, 3.8) is 0 Å². The Kier molecular flexibility index (Phi) is 5.25. The monoisotopic (exact) mass is 370 g/mol. The molecule has 0 aliphatic carbocycles. The van der Waals surface area contributed by atoms with Crippen LogP contribution in [0.3, 0.4) is 0 Å². The second-order valence-corrected chi connectivity index (χ2v) is 6.60. The lowest BCUT2D eigenvalue weighted by molar-refractivity contribution is -0.122. The number of carbonyl (C=O) groups excluding carboxylic acids is 1. The summed E-state index contributed by atoms with van der Waals surface area (Å²) in [7, 11) is 0. The quantitative estimate of drug-likeness (QED) is 0.713. The van der Waals surface area contributed by atoms with Gasteiger partial charge in [-0.2, -0.15) is 5.10 Å². The molecule has 0 spiro atoms. The fourth-order valence-electron chi connectivity index (χ4n) is 2.80. The Morgan fingerprint density at radius 2 is 1.96 bits per heavy atom. The van der Waals surface area contributed by atoms with E-state index in [1.165, 1.54) is 0 Å². The summed E-state index contributed by atoms with van der Waals surface area (Å²) in [5, 5.41) is 11.4. The first kappa shape index (κ1) is 18.6. The molecule has 0 fully saturated rings. The number of hydrogen-bond donors (Lipinski definition) is 1. The van der Waals surface area contributed by atoms with Gasteiger partial charge in [0.25, 0.3) is 5.56 Å². The van der Waals surface area contributed by atoms with Crippen molar-refractivity contribution in [2.45, 2.75) is 46.9 Å². The lowest BCUT2D eigenvalue weighted by Crippen LogP contribution is -2.33. The van der Waals surface area contributed by atoms with Crippen LogP contribution in [0.5, 0.6) is 5.75 Å². The molecule has 2 heterocycles. The highest BCUT2D eigenvalue weighted by Crippen LogP contribution is 2.16. The summed E-state index contributed by atoms with van der Waals surface area (Å²) < 4.78 is 11.8. The summed E-state index contributed by atoms with van der Waals surface area (Å²) in [6.07, 6.45) is 0.107. The summed E-state index contributed by atoms with van der Waals surface area (Å²) in [6.45, 7) is 7.56. The molecule has 0 atom stereocenters. The molecule has 0 aliphatic heterocycles. The number of ether oxygens (including phenoxy) is 1. The molecule has 1 aromatic carbocycles. The molecular weight excluding hydrogens is 348 g/mol. The van der Waals surface area contributed by atoms with Gasteiger partial charge in [-0.15, -0.1) is 0 Å². The average molecular weight is 370 g/mol. The SMILES string of the molecule is Cc1nn(CC(=O)NCc2ccc(OC(C)C)cc2)c(=O)c2noc(C)c12. The van der Waals surface area contributed by atoms with Crippen molar-refractivity contribution in [2.24, 2.45) is 0 Å². The fraction of sp³-hybridized carbons (Fsp3) is 0.368. The van der Waals surface area contributed by atoms with Crippen molar-refractivity contribution in [3.05, 3.63) is 51.6 Å². The summed E-state index contributed by atoms with van der Waals surface area (Å²) in [4.78, 5) is 24.6. The third-order valence-electron chi connectivity index (χ3n) is 4.01. The molecule has 0 saturated carbocycles. The minimum Gasteiger partial charge on any atom is -0.491 e. The van der Waals surface area contributed by atoms with E-state index < -0.39 is 5.56 Å². The average Bonchev–Trinajstić information content (AvgIpc) is 3.01. The highest BCUT2D eigenvalue weighted by atomic mass is 16.5. The van der Waals surface area contributed by atoms with Gasteiger partial charge in [0.1, 0.15) is 18.1 Å². The van der Waals surface area contributed by atoms with Gasteiger partial charge < -0.3 is 14.6 Å². The van der Waals surface area contributed by atoms with Gasteiger partial charge in [0.2, 0.25) is 5.91 Å². The highest BCUT2D eigenvalue weighted by Gasteiger charge is 2.16. The molecule has 1 N–H and O–H groups in total. The number of benzene rings is 1. The minimum atomic E-state index is -0.446. The van der Waals surface area contributed by atoms with Gasteiger partial charge in [0.05, 0.1) is 17.2 Å². The Bertz CT molecular complexity index is 1020. The van der Waals surface area contributed by atoms with Crippen LogP contribution in [0.15, 0.2) is 33.6 Å². The standard InChI is InChI=1S/C19H22N4O4/c1-11(2)26-15-7-5-14(6-8-15)9-20-16(24)10-23-19(25)18-17(12(3)21-23)13(4)27-22-18/h5-8,11H,9-10H2,1-4H3,(H,20,24). The maximum absolute atomic E-state index is 12.4. The van der Waals surface area contributed by atoms with Crippen LogP contribution in [0, 0.1) is 13.8 Å². The zero-order valence-corrected chi connectivity index (χ0v) is 15.8. The van der Waals surface area contributed by atoms with Crippen molar-refractivity contribution >= 4 is 16.8 Å². The van der Waals surface area contributed by atoms with E-state index in [1.54, 1.807) is 13.8 Å². The van der Waals surface area contributed by atoms with E-state index in [0.29, 0.717) is 23.4 Å². The number of nitrogens with zero attached hydrogens (tertiary/aromatic N) is 3. The predicted molar refractivity (Wildman–Crippen MR) is 99.6 cm³/mol. The number of fused-ring (bicyclic) bond motifs is 1. The number of aromatic nitrogens is 3. The minimum absolute atomic E-state index is 0.107. The zero-order chi connectivity index (χ0) is 19.6. The Morgan fingerprint density at radius 3 is 2.63 bits per heavy atom. The highest BCUT2D eigenvalue weighted by molar-refractivity contribution is 5.82. The second kappa shape index (κ2) is 7.61. The topological polar surface area (TPSA) is 99.2 Å². The van der Waals surface area contributed by atoms with Crippen LogP contribution >= 0.6 is 0 Å². The Hall–Kier alpha value is -3.16. The van der Waals surface area contributed by atoms with Gasteiger partial charge in [-0.3, -0.25) is 9.59 Å². The van der Waals surface area contributed by atoms with Gasteiger partial charge in [0, 0.05) is 6.54 Å². The number of hydrogen-bond acceptors (Lipinski definition) is 6. The second-order valence-electron chi connectivity index (χ2n) is 6.60. The van der Waals surface area contributed by atoms with Crippen molar-refractivity contribution in [1.82, 2.24) is 20.3 Å². The molecule has 27 heavy (non-hydrogen) atoms. The van der Waals surface area contributed by atoms with Crippen LogP contribution < -0.4 is 15.6 Å². The Morgan fingerprint density at radius 1 is 1.26 bits per heavy atom. The molecule has 0 saturated heterocycles. The summed E-state index contributed by atoms with van der Waals surface area (Å²) in [5.41, 5.74) is 1.27. The van der Waals surface area contributed by atoms with Gasteiger partial charge in [-0.1, -0.05) is 17.3 Å². The van der Waals surface area contributed by atoms with Crippen molar-refractivity contribution < 1.29 is 14.1 Å². The first-order valence-electron chi connectivity index (χ1n) is 8.71. The van der Waals surface area contributed by atoms with Crippen LogP contribution in [0.25, 0.3) is 10.9 Å². The summed E-state index contributed by atoms with van der Waals surface area (Å²) in [5.74, 6) is 1.00. The molecule has 8 nitrogen and oxygen atoms in total. The lowest BCUT2D eigenvalue weighted by Gasteiger charge is -2.11. The lowest BCUT2D eigenvalue weighted by atomic mass is 10.2. The molecule has 1 amide bonds. The van der Waals surface area contributed by atoms with E-state index in [2.05, 4.69) is 15.6 Å². The van der Waals surface area contributed by atoms with Crippen molar-refractivity contribution in [3.8, 4) is 5.75 Å². The van der Waals surface area contributed by atoms with E-state index >= 15 is 0 Å². The van der Waals surface area contributed by atoms with Crippen LogP contribution in [-0.4, -0.2) is 26.9 Å². The van der Waals surface area contributed by atoms with Gasteiger partial charge in [-0.05, 0) is 45.4 Å². The molecule has 0 bridgehead atoms. The van der Waals surface area contributed by atoms with Crippen LogP contribution in [0.1, 0.15) is 30.9 Å². The molecule has 0 unspecified atom stereocenters. The third kappa shape index (κ3) is 4.16. The number of carbonyl (C=O) groups is 1. The predicted octanol–water partition coefficient (Wildman–Crippen LogP) is 2.10. The molecule has 3 rings (SSSR count). The van der Waals surface area contributed by atoms with Crippen LogP contribution in [0.2, 0.25) is 0 Å². The number of rotatable bonds is 6. The van der Waals surface area contributed by atoms with E-state index in [1.807, 2.05) is 38.1 Å². The van der Waals surface area contributed by atoms with Gasteiger partial charge in [-0.25, -0.2) is 4.68 Å². The van der Waals surface area contributed by atoms with Gasteiger partial charge in [0.15, 0.2) is 5.52 Å². The molecular formula is C19H22N4O4.